The summed E-state index contributed by atoms with van der Waals surface area (Å²) >= 11 is 0. The number of unbranched alkanes of at least 4 members (excludes halogenated alkanes) is 3. The molecule has 19 heavy (non-hydrogen) atoms. The van der Waals surface area contributed by atoms with Gasteiger partial charge in [-0.2, -0.15) is 0 Å². The third-order valence-electron chi connectivity index (χ3n) is 3.27. The molecule has 2 rings (SSSR count). The molecule has 0 spiro atoms. The molecular weight excluding hydrogens is 244 g/mol. The van der Waals surface area contributed by atoms with E-state index in [1.807, 2.05) is 12.3 Å². The Bertz CT molecular complexity index is 563. The molecule has 0 saturated carbocycles. The van der Waals surface area contributed by atoms with Crippen molar-refractivity contribution >= 4 is 16.6 Å². The van der Waals surface area contributed by atoms with Gasteiger partial charge in [-0.3, -0.25) is 10.1 Å². The Morgan fingerprint density at radius 2 is 1.95 bits per heavy atom. The lowest BCUT2D eigenvalue weighted by atomic mass is 10.2. The maximum Gasteiger partial charge on any atom is 0.270 e. The van der Waals surface area contributed by atoms with E-state index in [4.69, 9.17) is 5.11 Å². The summed E-state index contributed by atoms with van der Waals surface area (Å²) in [6, 6.07) is 6.87. The molecule has 1 aromatic heterocycles. The van der Waals surface area contributed by atoms with Gasteiger partial charge in [0.05, 0.1) is 4.92 Å². The van der Waals surface area contributed by atoms with E-state index in [-0.39, 0.29) is 17.2 Å². The van der Waals surface area contributed by atoms with Crippen LogP contribution in [0.15, 0.2) is 30.5 Å². The summed E-state index contributed by atoms with van der Waals surface area (Å²) in [5.74, 6) is 0. The molecule has 0 unspecified atom stereocenters. The van der Waals surface area contributed by atoms with Crippen LogP contribution < -0.4 is 0 Å². The Hall–Kier alpha value is -1.88. The normalized spacial score (nSPS) is 11.0. The standard InChI is InChI=1S/C14H18N2O3/c17-10-4-2-1-3-8-15-9-7-12-11-13(16(18)19)5-6-14(12)15/h5-7,9,11,17H,1-4,8,10H2. The maximum absolute atomic E-state index is 10.7. The summed E-state index contributed by atoms with van der Waals surface area (Å²) in [5, 5.41) is 20.3. The van der Waals surface area contributed by atoms with E-state index in [1.54, 1.807) is 18.2 Å². The monoisotopic (exact) mass is 262 g/mol. The highest BCUT2D eigenvalue weighted by atomic mass is 16.6. The topological polar surface area (TPSA) is 68.3 Å². The molecule has 5 nitrogen and oxygen atoms in total. The Kier molecular flexibility index (Phi) is 4.52. The average Bonchev–Trinajstić information content (AvgIpc) is 2.81. The number of fused-ring (bicyclic) bond motifs is 1. The molecule has 0 aliphatic carbocycles. The summed E-state index contributed by atoms with van der Waals surface area (Å²) in [5.41, 5.74) is 1.17. The lowest BCUT2D eigenvalue weighted by molar-refractivity contribution is -0.384. The van der Waals surface area contributed by atoms with Gasteiger partial charge in [0, 0.05) is 42.4 Å². The highest BCUT2D eigenvalue weighted by Gasteiger charge is 2.08. The van der Waals surface area contributed by atoms with Crippen molar-refractivity contribution in [2.75, 3.05) is 6.61 Å². The van der Waals surface area contributed by atoms with E-state index in [0.29, 0.717) is 0 Å². The molecule has 1 heterocycles. The largest absolute Gasteiger partial charge is 0.396 e. The van der Waals surface area contributed by atoms with Crippen LogP contribution in [0.2, 0.25) is 0 Å². The zero-order valence-corrected chi connectivity index (χ0v) is 10.8. The van der Waals surface area contributed by atoms with Gasteiger partial charge in [0.2, 0.25) is 0 Å². The number of rotatable bonds is 7. The Labute approximate surface area is 111 Å². The number of non-ortho nitro benzene ring substituents is 1. The van der Waals surface area contributed by atoms with Gasteiger partial charge in [0.25, 0.3) is 5.69 Å². The van der Waals surface area contributed by atoms with Gasteiger partial charge < -0.3 is 9.67 Å². The minimum Gasteiger partial charge on any atom is -0.396 e. The summed E-state index contributed by atoms with van der Waals surface area (Å²) in [6.45, 7) is 1.17. The molecule has 1 aromatic carbocycles. The van der Waals surface area contributed by atoms with E-state index in [1.165, 1.54) is 0 Å². The Balaban J connectivity index is 2.02. The number of aromatic nitrogens is 1. The first-order valence-corrected chi connectivity index (χ1v) is 6.56. The minimum atomic E-state index is -0.369. The van der Waals surface area contributed by atoms with Crippen molar-refractivity contribution < 1.29 is 10.0 Å². The third-order valence-corrected chi connectivity index (χ3v) is 3.27. The number of aryl methyl sites for hydroxylation is 1. The lowest BCUT2D eigenvalue weighted by Crippen LogP contribution is -1.96. The van der Waals surface area contributed by atoms with Crippen LogP contribution in [0.25, 0.3) is 10.9 Å². The van der Waals surface area contributed by atoms with Crippen molar-refractivity contribution in [1.82, 2.24) is 4.57 Å². The molecule has 2 aromatic rings. The van der Waals surface area contributed by atoms with Gasteiger partial charge in [-0.1, -0.05) is 12.8 Å². The number of nitrogens with zero attached hydrogens (tertiary/aromatic N) is 2. The highest BCUT2D eigenvalue weighted by Crippen LogP contribution is 2.22. The molecule has 0 radical (unpaired) electrons. The van der Waals surface area contributed by atoms with E-state index >= 15 is 0 Å². The van der Waals surface area contributed by atoms with E-state index in [9.17, 15) is 10.1 Å². The van der Waals surface area contributed by atoms with Gasteiger partial charge in [0.1, 0.15) is 0 Å². The SMILES string of the molecule is O=[N+]([O-])c1ccc2c(ccn2CCCCCCO)c1. The average molecular weight is 262 g/mol. The molecule has 5 heteroatoms. The van der Waals surface area contributed by atoms with Crippen LogP contribution >= 0.6 is 0 Å². The van der Waals surface area contributed by atoms with Gasteiger partial charge in [-0.05, 0) is 25.0 Å². The minimum absolute atomic E-state index is 0.133. The van der Waals surface area contributed by atoms with Crippen molar-refractivity contribution in [3.05, 3.63) is 40.6 Å². The molecule has 0 fully saturated rings. The third kappa shape index (κ3) is 3.32. The van der Waals surface area contributed by atoms with Crippen LogP contribution in [-0.4, -0.2) is 21.2 Å². The van der Waals surface area contributed by atoms with Crippen LogP contribution in [0.4, 0.5) is 5.69 Å². The quantitative estimate of drug-likeness (QED) is 0.473. The summed E-state index contributed by atoms with van der Waals surface area (Å²) in [4.78, 5) is 10.3. The second kappa shape index (κ2) is 6.33. The smallest absolute Gasteiger partial charge is 0.270 e. The molecule has 0 bridgehead atoms. The number of hydrogen-bond donors (Lipinski definition) is 1. The number of hydrogen-bond acceptors (Lipinski definition) is 3. The van der Waals surface area contributed by atoms with Crippen molar-refractivity contribution in [3.63, 3.8) is 0 Å². The zero-order chi connectivity index (χ0) is 13.7. The lowest BCUT2D eigenvalue weighted by Gasteiger charge is -2.05. The zero-order valence-electron chi connectivity index (χ0n) is 10.8. The number of aliphatic hydroxyl groups excluding tert-OH is 1. The predicted molar refractivity (Wildman–Crippen MR) is 74.1 cm³/mol. The predicted octanol–water partition coefficient (Wildman–Crippen LogP) is 3.10. The molecule has 1 N–H and O–H groups in total. The fourth-order valence-electron chi connectivity index (χ4n) is 2.24. The van der Waals surface area contributed by atoms with Crippen LogP contribution in [-0.2, 0) is 6.54 Å². The van der Waals surface area contributed by atoms with Gasteiger partial charge in [0.15, 0.2) is 0 Å². The fourth-order valence-corrected chi connectivity index (χ4v) is 2.24. The summed E-state index contributed by atoms with van der Waals surface area (Å²) in [7, 11) is 0. The number of nitro groups is 1. The second-order valence-electron chi connectivity index (χ2n) is 4.65. The molecule has 0 aliphatic heterocycles. The van der Waals surface area contributed by atoms with E-state index in [2.05, 4.69) is 4.57 Å². The van der Waals surface area contributed by atoms with Gasteiger partial charge >= 0.3 is 0 Å². The number of benzene rings is 1. The molecule has 0 aliphatic rings. The van der Waals surface area contributed by atoms with Crippen LogP contribution in [0.1, 0.15) is 25.7 Å². The molecular formula is C14H18N2O3. The van der Waals surface area contributed by atoms with Crippen molar-refractivity contribution in [2.45, 2.75) is 32.2 Å². The molecule has 102 valence electrons. The first-order valence-electron chi connectivity index (χ1n) is 6.56. The van der Waals surface area contributed by atoms with Crippen molar-refractivity contribution in [1.29, 1.82) is 0 Å². The van der Waals surface area contributed by atoms with Crippen molar-refractivity contribution in [2.24, 2.45) is 0 Å². The van der Waals surface area contributed by atoms with Crippen molar-refractivity contribution in [3.8, 4) is 0 Å². The second-order valence-corrected chi connectivity index (χ2v) is 4.65. The summed E-state index contributed by atoms with van der Waals surface area (Å²) in [6.07, 6.45) is 6.02. The number of nitro benzene ring substituents is 1. The molecule has 0 amide bonds. The maximum atomic E-state index is 10.7. The highest BCUT2D eigenvalue weighted by molar-refractivity contribution is 5.82. The summed E-state index contributed by atoms with van der Waals surface area (Å²) < 4.78 is 2.12. The first-order chi connectivity index (χ1) is 9.22. The molecule has 0 saturated heterocycles. The first kappa shape index (κ1) is 13.5. The van der Waals surface area contributed by atoms with Gasteiger partial charge in [-0.15, -0.1) is 0 Å². The van der Waals surface area contributed by atoms with E-state index < -0.39 is 0 Å². The van der Waals surface area contributed by atoms with Gasteiger partial charge in [-0.25, -0.2) is 0 Å². The fraction of sp³-hybridized carbons (Fsp3) is 0.429. The Morgan fingerprint density at radius 3 is 2.68 bits per heavy atom. The van der Waals surface area contributed by atoms with Crippen LogP contribution in [0, 0.1) is 10.1 Å². The number of aliphatic hydroxyl groups is 1. The molecule has 0 atom stereocenters. The Morgan fingerprint density at radius 1 is 1.16 bits per heavy atom. The van der Waals surface area contributed by atoms with Crippen LogP contribution in [0.3, 0.4) is 0 Å². The van der Waals surface area contributed by atoms with E-state index in [0.717, 1.165) is 43.1 Å². The van der Waals surface area contributed by atoms with Crippen LogP contribution in [0.5, 0.6) is 0 Å².